The van der Waals surface area contributed by atoms with Crippen molar-refractivity contribution in [2.75, 3.05) is 13.1 Å². The van der Waals surface area contributed by atoms with Crippen LogP contribution in [0.3, 0.4) is 0 Å². The molecular formula is C17H16F2N2O2. The minimum Gasteiger partial charge on any atom is -0.354 e. The summed E-state index contributed by atoms with van der Waals surface area (Å²) < 4.78 is 26.2. The number of halogens is 2. The third-order valence-electron chi connectivity index (χ3n) is 3.16. The normalized spacial score (nSPS) is 10.2. The number of carbonyl (C=O) groups excluding carboxylic acids is 2. The molecule has 2 rings (SSSR count). The fourth-order valence-electron chi connectivity index (χ4n) is 1.98. The molecule has 4 nitrogen and oxygen atoms in total. The summed E-state index contributed by atoms with van der Waals surface area (Å²) in [4.78, 5) is 23.4. The number of benzene rings is 2. The van der Waals surface area contributed by atoms with Gasteiger partial charge in [-0.05, 0) is 24.1 Å². The molecule has 6 heteroatoms. The van der Waals surface area contributed by atoms with Crippen molar-refractivity contribution in [2.24, 2.45) is 0 Å². The maximum Gasteiger partial charge on any atom is 0.254 e. The lowest BCUT2D eigenvalue weighted by Gasteiger charge is -2.08. The molecule has 23 heavy (non-hydrogen) atoms. The van der Waals surface area contributed by atoms with Crippen LogP contribution in [0.5, 0.6) is 0 Å². The lowest BCUT2D eigenvalue weighted by Crippen LogP contribution is -2.38. The Morgan fingerprint density at radius 3 is 2.39 bits per heavy atom. The number of nitrogens with one attached hydrogen (secondary N) is 2. The van der Waals surface area contributed by atoms with Gasteiger partial charge < -0.3 is 10.6 Å². The van der Waals surface area contributed by atoms with Crippen molar-refractivity contribution < 1.29 is 18.4 Å². The summed E-state index contributed by atoms with van der Waals surface area (Å²) in [6.07, 6.45) is 0.674. The van der Waals surface area contributed by atoms with Crippen molar-refractivity contribution in [3.63, 3.8) is 0 Å². The van der Waals surface area contributed by atoms with Gasteiger partial charge in [0, 0.05) is 12.6 Å². The summed E-state index contributed by atoms with van der Waals surface area (Å²) in [5.41, 5.74) is 0.786. The van der Waals surface area contributed by atoms with Gasteiger partial charge >= 0.3 is 0 Å². The van der Waals surface area contributed by atoms with Gasteiger partial charge in [-0.1, -0.05) is 30.3 Å². The van der Waals surface area contributed by atoms with Crippen LogP contribution in [0.15, 0.2) is 48.5 Å². The molecule has 2 aromatic carbocycles. The molecule has 0 saturated heterocycles. The van der Waals surface area contributed by atoms with Crippen LogP contribution in [0, 0.1) is 11.6 Å². The van der Waals surface area contributed by atoms with Crippen molar-refractivity contribution in [3.05, 3.63) is 71.3 Å². The number of hydrogen-bond acceptors (Lipinski definition) is 2. The highest BCUT2D eigenvalue weighted by atomic mass is 19.1. The summed E-state index contributed by atoms with van der Waals surface area (Å²) in [7, 11) is 0. The van der Waals surface area contributed by atoms with Crippen molar-refractivity contribution in [1.82, 2.24) is 10.6 Å². The van der Waals surface area contributed by atoms with E-state index in [1.165, 1.54) is 0 Å². The Morgan fingerprint density at radius 2 is 1.70 bits per heavy atom. The van der Waals surface area contributed by atoms with Gasteiger partial charge in [-0.25, -0.2) is 8.78 Å². The van der Waals surface area contributed by atoms with E-state index in [9.17, 15) is 18.4 Å². The molecule has 0 aliphatic rings. The van der Waals surface area contributed by atoms with Crippen molar-refractivity contribution in [1.29, 1.82) is 0 Å². The SMILES string of the molecule is O=C(CNC(=O)c1ccc(F)cc1F)NCCc1ccccc1. The van der Waals surface area contributed by atoms with Gasteiger partial charge in [-0.2, -0.15) is 0 Å². The molecule has 0 unspecified atom stereocenters. The Labute approximate surface area is 132 Å². The molecule has 0 bridgehead atoms. The van der Waals surface area contributed by atoms with Crippen LogP contribution in [-0.4, -0.2) is 24.9 Å². The molecule has 2 amide bonds. The Bertz CT molecular complexity index is 690. The molecule has 2 N–H and O–H groups in total. The average molecular weight is 318 g/mol. The molecule has 0 saturated carbocycles. The Morgan fingerprint density at radius 1 is 0.957 bits per heavy atom. The van der Waals surface area contributed by atoms with Gasteiger partial charge in [0.15, 0.2) is 0 Å². The van der Waals surface area contributed by atoms with E-state index in [2.05, 4.69) is 10.6 Å². The Kier molecular flexibility index (Phi) is 5.80. The highest BCUT2D eigenvalue weighted by molar-refractivity contribution is 5.96. The van der Waals surface area contributed by atoms with Crippen LogP contribution in [0.2, 0.25) is 0 Å². The zero-order valence-electron chi connectivity index (χ0n) is 12.3. The second-order valence-electron chi connectivity index (χ2n) is 4.89. The quantitative estimate of drug-likeness (QED) is 0.856. The molecule has 0 spiro atoms. The number of carbonyl (C=O) groups is 2. The van der Waals surface area contributed by atoms with Crippen LogP contribution in [0.1, 0.15) is 15.9 Å². The van der Waals surface area contributed by atoms with E-state index in [0.29, 0.717) is 19.0 Å². The second kappa shape index (κ2) is 8.03. The van der Waals surface area contributed by atoms with Crippen molar-refractivity contribution >= 4 is 11.8 Å². The second-order valence-corrected chi connectivity index (χ2v) is 4.89. The molecule has 0 aliphatic carbocycles. The molecule has 0 aromatic heterocycles. The van der Waals surface area contributed by atoms with E-state index >= 15 is 0 Å². The maximum absolute atomic E-state index is 13.4. The predicted octanol–water partition coefficient (Wildman–Crippen LogP) is 2.05. The standard InChI is InChI=1S/C17H16F2N2O2/c18-13-6-7-14(15(19)10-13)17(23)21-11-16(22)20-9-8-12-4-2-1-3-5-12/h1-7,10H,8-9,11H2,(H,20,22)(H,21,23). The molecule has 0 aliphatic heterocycles. The van der Waals surface area contributed by atoms with Crippen LogP contribution in [0.4, 0.5) is 8.78 Å². The van der Waals surface area contributed by atoms with Crippen molar-refractivity contribution in [3.8, 4) is 0 Å². The molecule has 0 radical (unpaired) electrons. The third kappa shape index (κ3) is 5.18. The lowest BCUT2D eigenvalue weighted by molar-refractivity contribution is -0.120. The van der Waals surface area contributed by atoms with Crippen LogP contribution >= 0.6 is 0 Å². The highest BCUT2D eigenvalue weighted by Gasteiger charge is 2.13. The first-order valence-electron chi connectivity index (χ1n) is 7.10. The molecular weight excluding hydrogens is 302 g/mol. The Balaban J connectivity index is 1.74. The van der Waals surface area contributed by atoms with Crippen molar-refractivity contribution in [2.45, 2.75) is 6.42 Å². The predicted molar refractivity (Wildman–Crippen MR) is 81.8 cm³/mol. The van der Waals surface area contributed by atoms with Gasteiger partial charge in [0.05, 0.1) is 12.1 Å². The zero-order valence-corrected chi connectivity index (χ0v) is 12.3. The van der Waals surface area contributed by atoms with E-state index in [1.807, 2.05) is 30.3 Å². The van der Waals surface area contributed by atoms with Gasteiger partial charge in [0.25, 0.3) is 5.91 Å². The first-order valence-corrected chi connectivity index (χ1v) is 7.10. The van der Waals surface area contributed by atoms with E-state index in [0.717, 1.165) is 17.7 Å². The summed E-state index contributed by atoms with van der Waals surface area (Å²) in [5, 5.41) is 4.95. The fourth-order valence-corrected chi connectivity index (χ4v) is 1.98. The largest absolute Gasteiger partial charge is 0.354 e. The van der Waals surface area contributed by atoms with Crippen LogP contribution < -0.4 is 10.6 Å². The van der Waals surface area contributed by atoms with E-state index in [-0.39, 0.29) is 18.0 Å². The van der Waals surface area contributed by atoms with E-state index in [1.54, 1.807) is 0 Å². The zero-order chi connectivity index (χ0) is 16.7. The summed E-state index contributed by atoms with van der Waals surface area (Å²) in [6, 6.07) is 12.3. The number of hydrogen-bond donors (Lipinski definition) is 2. The first kappa shape index (κ1) is 16.6. The highest BCUT2D eigenvalue weighted by Crippen LogP contribution is 2.09. The molecule has 120 valence electrons. The first-order chi connectivity index (χ1) is 11.1. The smallest absolute Gasteiger partial charge is 0.254 e. The average Bonchev–Trinajstić information content (AvgIpc) is 2.53. The van der Waals surface area contributed by atoms with Gasteiger partial charge in [-0.3, -0.25) is 9.59 Å². The molecule has 0 heterocycles. The van der Waals surface area contributed by atoms with Crippen LogP contribution in [-0.2, 0) is 11.2 Å². The van der Waals surface area contributed by atoms with Gasteiger partial charge in [0.2, 0.25) is 5.91 Å². The lowest BCUT2D eigenvalue weighted by atomic mass is 10.1. The number of amides is 2. The van der Waals surface area contributed by atoms with E-state index < -0.39 is 17.5 Å². The summed E-state index contributed by atoms with van der Waals surface area (Å²) >= 11 is 0. The number of rotatable bonds is 6. The topological polar surface area (TPSA) is 58.2 Å². The molecule has 0 atom stereocenters. The minimum atomic E-state index is -0.966. The minimum absolute atomic E-state index is 0.273. The monoisotopic (exact) mass is 318 g/mol. The molecule has 0 fully saturated rings. The van der Waals surface area contributed by atoms with Gasteiger partial charge in [0.1, 0.15) is 11.6 Å². The summed E-state index contributed by atoms with van der Waals surface area (Å²) in [6.45, 7) is 0.161. The maximum atomic E-state index is 13.4. The van der Waals surface area contributed by atoms with Gasteiger partial charge in [-0.15, -0.1) is 0 Å². The van der Waals surface area contributed by atoms with E-state index in [4.69, 9.17) is 0 Å². The molecule has 2 aromatic rings. The summed E-state index contributed by atoms with van der Waals surface area (Å²) in [5.74, 6) is -2.87. The Hall–Kier alpha value is -2.76. The fraction of sp³-hybridized carbons (Fsp3) is 0.176. The van der Waals surface area contributed by atoms with Crippen LogP contribution in [0.25, 0.3) is 0 Å². The third-order valence-corrected chi connectivity index (χ3v) is 3.16.